The third-order valence-electron chi connectivity index (χ3n) is 2.38. The first-order valence-electron chi connectivity index (χ1n) is 4.79. The van der Waals surface area contributed by atoms with Crippen LogP contribution in [0.15, 0.2) is 18.2 Å². The van der Waals surface area contributed by atoms with Crippen LogP contribution in [0.3, 0.4) is 0 Å². The Labute approximate surface area is 89.3 Å². The van der Waals surface area contributed by atoms with Gasteiger partial charge in [-0.1, -0.05) is 6.07 Å². The molecule has 0 fully saturated rings. The molecule has 1 aromatic carbocycles. The van der Waals surface area contributed by atoms with Gasteiger partial charge in [-0.15, -0.1) is 0 Å². The summed E-state index contributed by atoms with van der Waals surface area (Å²) in [4.78, 5) is 0. The molecule has 4 N–H and O–H groups in total. The van der Waals surface area contributed by atoms with Crippen molar-refractivity contribution in [2.24, 2.45) is 5.73 Å². The Morgan fingerprint density at radius 2 is 2.13 bits per heavy atom. The van der Waals surface area contributed by atoms with Gasteiger partial charge in [-0.3, -0.25) is 0 Å². The van der Waals surface area contributed by atoms with Crippen molar-refractivity contribution < 1.29 is 14.9 Å². The van der Waals surface area contributed by atoms with Crippen molar-refractivity contribution in [2.75, 3.05) is 13.7 Å². The molecule has 2 atom stereocenters. The molecule has 0 spiro atoms. The first-order chi connectivity index (χ1) is 7.10. The molecular weight excluding hydrogens is 194 g/mol. The zero-order chi connectivity index (χ0) is 11.4. The van der Waals surface area contributed by atoms with Crippen LogP contribution >= 0.6 is 0 Å². The van der Waals surface area contributed by atoms with Crippen molar-refractivity contribution in [1.82, 2.24) is 0 Å². The fourth-order valence-corrected chi connectivity index (χ4v) is 1.43. The molecule has 4 nitrogen and oxygen atoms in total. The fourth-order valence-electron chi connectivity index (χ4n) is 1.43. The highest BCUT2D eigenvalue weighted by Gasteiger charge is 2.16. The molecule has 0 aromatic heterocycles. The summed E-state index contributed by atoms with van der Waals surface area (Å²) in [6, 6.07) is 4.67. The fraction of sp³-hybridized carbons (Fsp3) is 0.455. The summed E-state index contributed by atoms with van der Waals surface area (Å²) < 4.78 is 5.10. The summed E-state index contributed by atoms with van der Waals surface area (Å²) in [6.45, 7) is 1.64. The van der Waals surface area contributed by atoms with Crippen molar-refractivity contribution in [3.05, 3.63) is 29.3 Å². The third kappa shape index (κ3) is 2.68. The van der Waals surface area contributed by atoms with Gasteiger partial charge < -0.3 is 20.7 Å². The van der Waals surface area contributed by atoms with Gasteiger partial charge in [-0.2, -0.15) is 0 Å². The van der Waals surface area contributed by atoms with Gasteiger partial charge in [0.1, 0.15) is 5.75 Å². The largest absolute Gasteiger partial charge is 0.496 e. The van der Waals surface area contributed by atoms with Gasteiger partial charge in [0.25, 0.3) is 0 Å². The van der Waals surface area contributed by atoms with Gasteiger partial charge in [0.05, 0.1) is 25.9 Å². The molecule has 15 heavy (non-hydrogen) atoms. The van der Waals surface area contributed by atoms with Crippen molar-refractivity contribution in [3.8, 4) is 5.75 Å². The van der Waals surface area contributed by atoms with Crippen molar-refractivity contribution in [2.45, 2.75) is 19.1 Å². The van der Waals surface area contributed by atoms with Crippen molar-refractivity contribution in [1.29, 1.82) is 0 Å². The van der Waals surface area contributed by atoms with E-state index in [1.54, 1.807) is 25.3 Å². The van der Waals surface area contributed by atoms with Crippen LogP contribution in [0.5, 0.6) is 5.75 Å². The van der Waals surface area contributed by atoms with Gasteiger partial charge >= 0.3 is 0 Å². The second-order valence-electron chi connectivity index (χ2n) is 3.52. The van der Waals surface area contributed by atoms with Gasteiger partial charge in [-0.25, -0.2) is 0 Å². The molecule has 0 bridgehead atoms. The highest BCUT2D eigenvalue weighted by atomic mass is 16.5. The quantitative estimate of drug-likeness (QED) is 0.672. The minimum absolute atomic E-state index is 0.244. The van der Waals surface area contributed by atoms with E-state index in [1.807, 2.05) is 6.92 Å². The van der Waals surface area contributed by atoms with Crippen LogP contribution in [-0.2, 0) is 0 Å². The molecule has 2 unspecified atom stereocenters. The Morgan fingerprint density at radius 1 is 1.47 bits per heavy atom. The lowest BCUT2D eigenvalue weighted by atomic mass is 10.0. The normalized spacial score (nSPS) is 14.7. The van der Waals surface area contributed by atoms with E-state index in [9.17, 15) is 5.11 Å². The van der Waals surface area contributed by atoms with Crippen molar-refractivity contribution in [3.63, 3.8) is 0 Å². The van der Waals surface area contributed by atoms with E-state index in [-0.39, 0.29) is 6.61 Å². The highest BCUT2D eigenvalue weighted by Crippen LogP contribution is 2.23. The Kier molecular flexibility index (Phi) is 4.08. The number of aliphatic hydroxyl groups excluding tert-OH is 2. The molecule has 0 aliphatic heterocycles. The summed E-state index contributed by atoms with van der Waals surface area (Å²) in [7, 11) is 1.60. The second kappa shape index (κ2) is 5.11. The summed E-state index contributed by atoms with van der Waals surface area (Å²) in [5.74, 6) is 0.767. The molecular formula is C11H17NO3. The van der Waals surface area contributed by atoms with Crippen LogP contribution in [0.2, 0.25) is 0 Å². The van der Waals surface area contributed by atoms with Crippen LogP contribution in [-0.4, -0.2) is 30.0 Å². The molecule has 0 aliphatic rings. The minimum atomic E-state index is -0.848. The van der Waals surface area contributed by atoms with E-state index in [0.29, 0.717) is 5.56 Å². The number of ether oxygens (including phenoxy) is 1. The van der Waals surface area contributed by atoms with Crippen LogP contribution in [0, 0.1) is 6.92 Å². The van der Waals surface area contributed by atoms with E-state index < -0.39 is 12.1 Å². The molecule has 0 saturated carbocycles. The van der Waals surface area contributed by atoms with Gasteiger partial charge in [0.2, 0.25) is 0 Å². The van der Waals surface area contributed by atoms with Crippen LogP contribution in [0.1, 0.15) is 17.2 Å². The summed E-state index contributed by atoms with van der Waals surface area (Å²) >= 11 is 0. The zero-order valence-electron chi connectivity index (χ0n) is 8.97. The molecule has 0 saturated heterocycles. The van der Waals surface area contributed by atoms with Crippen LogP contribution in [0.4, 0.5) is 0 Å². The predicted molar refractivity (Wildman–Crippen MR) is 57.8 cm³/mol. The highest BCUT2D eigenvalue weighted by molar-refractivity contribution is 5.37. The van der Waals surface area contributed by atoms with E-state index >= 15 is 0 Å². The minimum Gasteiger partial charge on any atom is -0.496 e. The number of benzene rings is 1. The molecule has 1 rings (SSSR count). The van der Waals surface area contributed by atoms with E-state index in [2.05, 4.69) is 0 Å². The molecule has 0 amide bonds. The first kappa shape index (κ1) is 12.0. The average molecular weight is 211 g/mol. The van der Waals surface area contributed by atoms with Crippen molar-refractivity contribution >= 4 is 0 Å². The predicted octanol–water partition coefficient (Wildman–Crippen LogP) is 0.357. The molecule has 84 valence electrons. The molecule has 4 heteroatoms. The van der Waals surface area contributed by atoms with Gasteiger partial charge in [-0.05, 0) is 30.2 Å². The van der Waals surface area contributed by atoms with E-state index in [4.69, 9.17) is 15.6 Å². The summed E-state index contributed by atoms with van der Waals surface area (Å²) in [5.41, 5.74) is 7.16. The smallest absolute Gasteiger partial charge is 0.121 e. The molecule has 1 aromatic rings. The number of nitrogens with two attached hydrogens (primary N) is 1. The van der Waals surface area contributed by atoms with Crippen LogP contribution in [0.25, 0.3) is 0 Å². The number of aryl methyl sites for hydroxylation is 1. The maximum absolute atomic E-state index is 9.75. The average Bonchev–Trinajstić information content (AvgIpc) is 2.26. The Bertz CT molecular complexity index is 328. The number of methoxy groups -OCH3 is 1. The van der Waals surface area contributed by atoms with E-state index in [1.165, 1.54) is 0 Å². The number of hydrogen-bond acceptors (Lipinski definition) is 4. The zero-order valence-corrected chi connectivity index (χ0v) is 8.97. The van der Waals surface area contributed by atoms with Gasteiger partial charge in [0, 0.05) is 0 Å². The lowest BCUT2D eigenvalue weighted by molar-refractivity contribution is 0.109. The number of rotatable bonds is 4. The Morgan fingerprint density at radius 3 is 2.60 bits per heavy atom. The third-order valence-corrected chi connectivity index (χ3v) is 2.38. The maximum Gasteiger partial charge on any atom is 0.121 e. The van der Waals surface area contributed by atoms with Crippen LogP contribution < -0.4 is 10.5 Å². The molecule has 0 aliphatic carbocycles. The lowest BCUT2D eigenvalue weighted by Crippen LogP contribution is -2.31. The Hall–Kier alpha value is -1.10. The summed E-state index contributed by atoms with van der Waals surface area (Å²) in [6.07, 6.45) is -0.848. The van der Waals surface area contributed by atoms with Gasteiger partial charge in [0.15, 0.2) is 0 Å². The first-order valence-corrected chi connectivity index (χ1v) is 4.79. The Balaban J connectivity index is 2.92. The maximum atomic E-state index is 9.75. The summed E-state index contributed by atoms with van der Waals surface area (Å²) in [5, 5.41) is 18.6. The second-order valence-corrected chi connectivity index (χ2v) is 3.52. The topological polar surface area (TPSA) is 75.7 Å². The van der Waals surface area contributed by atoms with E-state index in [0.717, 1.165) is 11.3 Å². The SMILES string of the molecule is COc1ccc(C(O)C(N)CO)cc1C. The lowest BCUT2D eigenvalue weighted by Gasteiger charge is -2.18. The molecule has 0 heterocycles. The molecule has 0 radical (unpaired) electrons. The monoisotopic (exact) mass is 211 g/mol. The number of aliphatic hydroxyl groups is 2. The standard InChI is InChI=1S/C11H17NO3/c1-7-5-8(3-4-10(7)15-2)11(14)9(12)6-13/h3-5,9,11,13-14H,6,12H2,1-2H3. The number of hydrogen-bond donors (Lipinski definition) is 3.